The molecule has 1 aliphatic rings. The summed E-state index contributed by atoms with van der Waals surface area (Å²) in [6, 6.07) is 12.7. The van der Waals surface area contributed by atoms with E-state index in [2.05, 4.69) is 4.72 Å². The molecule has 0 saturated carbocycles. The Labute approximate surface area is 165 Å². The molecule has 1 heterocycles. The van der Waals surface area contributed by atoms with Crippen LogP contribution >= 0.6 is 0 Å². The molecular formula is C21H26FNO4S. The van der Waals surface area contributed by atoms with Crippen LogP contribution in [-0.4, -0.2) is 34.8 Å². The molecule has 0 bridgehead atoms. The van der Waals surface area contributed by atoms with Crippen LogP contribution in [0.5, 0.6) is 5.75 Å². The van der Waals surface area contributed by atoms with Gasteiger partial charge in [0, 0.05) is 25.2 Å². The number of halogens is 1. The topological polar surface area (TPSA) is 64.6 Å². The van der Waals surface area contributed by atoms with Crippen LogP contribution in [0.2, 0.25) is 0 Å². The minimum Gasteiger partial charge on any atom is -0.494 e. The summed E-state index contributed by atoms with van der Waals surface area (Å²) in [4.78, 5) is 0.192. The van der Waals surface area contributed by atoms with E-state index in [1.54, 1.807) is 36.4 Å². The van der Waals surface area contributed by atoms with Gasteiger partial charge in [0.2, 0.25) is 10.0 Å². The minimum absolute atomic E-state index is 0.192. The van der Waals surface area contributed by atoms with E-state index in [1.807, 2.05) is 6.92 Å². The molecule has 5 nitrogen and oxygen atoms in total. The van der Waals surface area contributed by atoms with E-state index < -0.39 is 15.4 Å². The molecule has 2 aromatic rings. The van der Waals surface area contributed by atoms with Crippen molar-refractivity contribution in [2.24, 2.45) is 0 Å². The van der Waals surface area contributed by atoms with Crippen LogP contribution in [0.4, 0.5) is 4.39 Å². The fourth-order valence-electron chi connectivity index (χ4n) is 3.38. The standard InChI is InChI=1S/C21H26FNO4S/c1-2-13-27-19-7-9-20(10-8-19)28(24,25)23-16-21(11-14-26-15-12-21)17-3-5-18(22)6-4-17/h3-10,23H,2,11-16H2,1H3. The lowest BCUT2D eigenvalue weighted by molar-refractivity contribution is 0.0517. The second-order valence-electron chi connectivity index (χ2n) is 7.04. The Morgan fingerprint density at radius 3 is 2.32 bits per heavy atom. The third-order valence-electron chi connectivity index (χ3n) is 5.11. The zero-order chi connectivity index (χ0) is 20.0. The highest BCUT2D eigenvalue weighted by molar-refractivity contribution is 7.89. The minimum atomic E-state index is -3.67. The van der Waals surface area contributed by atoms with Crippen molar-refractivity contribution in [3.63, 3.8) is 0 Å². The van der Waals surface area contributed by atoms with Crippen LogP contribution < -0.4 is 9.46 Å². The van der Waals surface area contributed by atoms with Crippen molar-refractivity contribution < 1.29 is 22.3 Å². The van der Waals surface area contributed by atoms with Crippen molar-refractivity contribution in [2.45, 2.75) is 36.5 Å². The molecule has 2 aromatic carbocycles. The molecule has 0 aliphatic carbocycles. The van der Waals surface area contributed by atoms with Gasteiger partial charge in [-0.15, -0.1) is 0 Å². The number of hydrogen-bond acceptors (Lipinski definition) is 4. The first-order valence-electron chi connectivity index (χ1n) is 9.51. The molecule has 3 rings (SSSR count). The van der Waals surface area contributed by atoms with Crippen LogP contribution in [0.15, 0.2) is 53.4 Å². The Morgan fingerprint density at radius 2 is 1.71 bits per heavy atom. The van der Waals surface area contributed by atoms with Crippen LogP contribution in [0.1, 0.15) is 31.7 Å². The third-order valence-corrected chi connectivity index (χ3v) is 6.53. The average Bonchev–Trinajstić information content (AvgIpc) is 2.72. The van der Waals surface area contributed by atoms with Crippen molar-refractivity contribution in [3.8, 4) is 5.75 Å². The predicted molar refractivity (Wildman–Crippen MR) is 106 cm³/mol. The number of ether oxygens (including phenoxy) is 2. The van der Waals surface area contributed by atoms with Crippen LogP contribution in [0.25, 0.3) is 0 Å². The first-order valence-corrected chi connectivity index (χ1v) is 11.0. The van der Waals surface area contributed by atoms with Crippen LogP contribution in [0, 0.1) is 5.82 Å². The van der Waals surface area contributed by atoms with Gasteiger partial charge in [-0.1, -0.05) is 19.1 Å². The van der Waals surface area contributed by atoms with E-state index in [9.17, 15) is 12.8 Å². The summed E-state index contributed by atoms with van der Waals surface area (Å²) in [5.74, 6) is 0.338. The van der Waals surface area contributed by atoms with Gasteiger partial charge in [0.25, 0.3) is 0 Å². The Bertz CT molecular complexity index is 860. The molecule has 1 saturated heterocycles. The molecule has 7 heteroatoms. The lowest BCUT2D eigenvalue weighted by atomic mass is 9.74. The highest BCUT2D eigenvalue weighted by Gasteiger charge is 2.35. The van der Waals surface area contributed by atoms with Gasteiger partial charge in [-0.05, 0) is 61.2 Å². The first-order chi connectivity index (χ1) is 13.5. The summed E-state index contributed by atoms with van der Waals surface area (Å²) >= 11 is 0. The van der Waals surface area contributed by atoms with E-state index in [0.29, 0.717) is 38.4 Å². The fraction of sp³-hybridized carbons (Fsp3) is 0.429. The van der Waals surface area contributed by atoms with Gasteiger partial charge in [0.05, 0.1) is 11.5 Å². The molecule has 152 valence electrons. The summed E-state index contributed by atoms with van der Waals surface area (Å²) in [5.41, 5.74) is 0.506. The summed E-state index contributed by atoms with van der Waals surface area (Å²) in [7, 11) is -3.67. The Balaban J connectivity index is 1.75. The van der Waals surface area contributed by atoms with E-state index in [-0.39, 0.29) is 17.3 Å². The van der Waals surface area contributed by atoms with Crippen molar-refractivity contribution >= 4 is 10.0 Å². The zero-order valence-electron chi connectivity index (χ0n) is 16.0. The number of nitrogens with one attached hydrogen (secondary N) is 1. The van der Waals surface area contributed by atoms with E-state index >= 15 is 0 Å². The molecule has 0 spiro atoms. The van der Waals surface area contributed by atoms with Gasteiger partial charge in [0.15, 0.2) is 0 Å². The van der Waals surface area contributed by atoms with E-state index in [4.69, 9.17) is 9.47 Å². The average molecular weight is 408 g/mol. The largest absolute Gasteiger partial charge is 0.494 e. The van der Waals surface area contributed by atoms with E-state index in [1.165, 1.54) is 12.1 Å². The lowest BCUT2D eigenvalue weighted by Gasteiger charge is -2.37. The molecule has 1 N–H and O–H groups in total. The van der Waals surface area contributed by atoms with Gasteiger partial charge < -0.3 is 9.47 Å². The summed E-state index contributed by atoms with van der Waals surface area (Å²) in [6.07, 6.45) is 2.23. The monoisotopic (exact) mass is 407 g/mol. The maximum absolute atomic E-state index is 13.3. The second-order valence-corrected chi connectivity index (χ2v) is 8.81. The normalized spacial score (nSPS) is 16.6. The predicted octanol–water partition coefficient (Wildman–Crippen LogP) is 3.64. The number of sulfonamides is 1. The fourth-order valence-corrected chi connectivity index (χ4v) is 4.51. The first kappa shape index (κ1) is 20.8. The summed E-state index contributed by atoms with van der Waals surface area (Å²) in [6.45, 7) is 3.92. The van der Waals surface area contributed by atoms with Crippen LogP contribution in [-0.2, 0) is 20.2 Å². The molecule has 0 radical (unpaired) electrons. The molecule has 0 unspecified atom stereocenters. The van der Waals surface area contributed by atoms with E-state index in [0.717, 1.165) is 12.0 Å². The molecule has 1 aliphatic heterocycles. The third kappa shape index (κ3) is 4.90. The molecule has 1 fully saturated rings. The van der Waals surface area contributed by atoms with Gasteiger partial charge in [-0.2, -0.15) is 0 Å². The zero-order valence-corrected chi connectivity index (χ0v) is 16.8. The van der Waals surface area contributed by atoms with Gasteiger partial charge in [-0.25, -0.2) is 17.5 Å². The van der Waals surface area contributed by atoms with Crippen molar-refractivity contribution in [1.29, 1.82) is 0 Å². The number of rotatable bonds is 8. The van der Waals surface area contributed by atoms with Gasteiger partial charge in [-0.3, -0.25) is 0 Å². The smallest absolute Gasteiger partial charge is 0.240 e. The second kappa shape index (κ2) is 9.03. The SMILES string of the molecule is CCCOc1ccc(S(=O)(=O)NCC2(c3ccc(F)cc3)CCOCC2)cc1. The summed E-state index contributed by atoms with van der Waals surface area (Å²) in [5, 5.41) is 0. The van der Waals surface area contributed by atoms with Crippen LogP contribution in [0.3, 0.4) is 0 Å². The summed E-state index contributed by atoms with van der Waals surface area (Å²) < 4.78 is 52.6. The molecule has 0 atom stereocenters. The Hall–Kier alpha value is -1.96. The molecule has 0 aromatic heterocycles. The molecular weight excluding hydrogens is 381 g/mol. The van der Waals surface area contributed by atoms with Gasteiger partial charge in [0.1, 0.15) is 11.6 Å². The number of benzene rings is 2. The number of hydrogen-bond donors (Lipinski definition) is 1. The maximum Gasteiger partial charge on any atom is 0.240 e. The quantitative estimate of drug-likeness (QED) is 0.726. The van der Waals surface area contributed by atoms with Crippen molar-refractivity contribution in [3.05, 3.63) is 59.9 Å². The Kier molecular flexibility index (Phi) is 6.69. The van der Waals surface area contributed by atoms with Crippen molar-refractivity contribution in [1.82, 2.24) is 4.72 Å². The molecule has 28 heavy (non-hydrogen) atoms. The van der Waals surface area contributed by atoms with Gasteiger partial charge >= 0.3 is 0 Å². The highest BCUT2D eigenvalue weighted by Crippen LogP contribution is 2.35. The lowest BCUT2D eigenvalue weighted by Crippen LogP contribution is -2.44. The van der Waals surface area contributed by atoms with Crippen molar-refractivity contribution in [2.75, 3.05) is 26.4 Å². The Morgan fingerprint density at radius 1 is 1.07 bits per heavy atom. The molecule has 0 amide bonds. The maximum atomic E-state index is 13.3. The highest BCUT2D eigenvalue weighted by atomic mass is 32.2.